The van der Waals surface area contributed by atoms with Gasteiger partial charge in [-0.1, -0.05) is 6.92 Å². The Balaban J connectivity index is 1.19. The fourth-order valence-electron chi connectivity index (χ4n) is 8.03. The number of fused-ring (bicyclic) bond motifs is 1. The van der Waals surface area contributed by atoms with Crippen LogP contribution < -0.4 is 10.6 Å². The zero-order valence-corrected chi connectivity index (χ0v) is 23.0. The topological polar surface area (TPSA) is 108 Å². The smallest absolute Gasteiger partial charge is 0.248 e. The molecular formula is C29H40F2N4O5. The van der Waals surface area contributed by atoms with E-state index in [0.717, 1.165) is 31.8 Å². The van der Waals surface area contributed by atoms with E-state index in [1.807, 2.05) is 9.80 Å². The van der Waals surface area contributed by atoms with Crippen molar-refractivity contribution in [2.24, 2.45) is 29.6 Å². The first-order chi connectivity index (χ1) is 19.2. The van der Waals surface area contributed by atoms with Crippen molar-refractivity contribution in [1.82, 2.24) is 20.4 Å². The normalized spacial score (nSPS) is 40.3. The number of likely N-dealkylation sites (tertiary alicyclic amines) is 1. The van der Waals surface area contributed by atoms with E-state index in [2.05, 4.69) is 17.6 Å². The summed E-state index contributed by atoms with van der Waals surface area (Å²) < 4.78 is 34.2. The summed E-state index contributed by atoms with van der Waals surface area (Å²) in [5.74, 6) is -1.02. The molecule has 3 heterocycles. The molecule has 3 aliphatic carbocycles. The van der Waals surface area contributed by atoms with Crippen molar-refractivity contribution in [3.8, 4) is 0 Å². The van der Waals surface area contributed by atoms with Gasteiger partial charge in [0.05, 0.1) is 31.2 Å². The standard InChI is InChI=1S/C29H40F2N4O5/c1-15-8-19(16-2-3-16)27(22(9-15)29(39)34-4-6-40-7-5-34)35-14-18(12-25(35)37)32-28(38)21-13-24(36)33-26-20(21)10-17(30)11-23(26)31/h13,15-20,22-23,26-27H,2-12,14H2,1H3,(H,32,38)(H,33,36)/t15?,17?,18-,19?,20?,22?,23?,26?,27?/m1/s1. The van der Waals surface area contributed by atoms with Crippen molar-refractivity contribution in [2.75, 3.05) is 32.8 Å². The summed E-state index contributed by atoms with van der Waals surface area (Å²) in [4.78, 5) is 56.6. The van der Waals surface area contributed by atoms with Crippen LogP contribution in [-0.2, 0) is 23.9 Å². The fraction of sp³-hybridized carbons (Fsp3) is 0.793. The maximum Gasteiger partial charge on any atom is 0.248 e. The van der Waals surface area contributed by atoms with Gasteiger partial charge < -0.3 is 25.2 Å². The molecule has 0 bridgehead atoms. The molecule has 2 N–H and O–H groups in total. The lowest BCUT2D eigenvalue weighted by Gasteiger charge is -2.47. The Labute approximate surface area is 233 Å². The second-order valence-corrected chi connectivity index (χ2v) is 12.9. The van der Waals surface area contributed by atoms with E-state index in [4.69, 9.17) is 4.74 Å². The number of nitrogens with one attached hydrogen (secondary N) is 2. The highest BCUT2D eigenvalue weighted by atomic mass is 19.1. The molecule has 40 heavy (non-hydrogen) atoms. The SMILES string of the molecule is CC1CC(C(=O)N2CCOCC2)C(N2C[C@H](NC(=O)C3=CC(=O)NC4C(F)CC(F)CC34)CC2=O)C(C2CC2)C1. The highest BCUT2D eigenvalue weighted by Crippen LogP contribution is 2.50. The number of nitrogens with zero attached hydrogens (tertiary/aromatic N) is 2. The fourth-order valence-corrected chi connectivity index (χ4v) is 8.03. The molecule has 3 aliphatic heterocycles. The minimum Gasteiger partial charge on any atom is -0.378 e. The van der Waals surface area contributed by atoms with Gasteiger partial charge in [0.15, 0.2) is 0 Å². The van der Waals surface area contributed by atoms with Crippen LogP contribution in [0.5, 0.6) is 0 Å². The minimum atomic E-state index is -1.56. The second kappa shape index (κ2) is 11.0. The van der Waals surface area contributed by atoms with E-state index in [1.54, 1.807) is 0 Å². The molecule has 4 amide bonds. The third-order valence-corrected chi connectivity index (χ3v) is 9.97. The van der Waals surface area contributed by atoms with Gasteiger partial charge in [0, 0.05) is 56.1 Å². The van der Waals surface area contributed by atoms with E-state index in [0.29, 0.717) is 38.1 Å². The molecule has 9 nitrogen and oxygen atoms in total. The molecule has 2 saturated heterocycles. The molecule has 3 saturated carbocycles. The Morgan fingerprint density at radius 1 is 1.07 bits per heavy atom. The number of carbonyl (C=O) groups is 4. The summed E-state index contributed by atoms with van der Waals surface area (Å²) in [5, 5.41) is 5.45. The lowest BCUT2D eigenvalue weighted by molar-refractivity contribution is -0.149. The molecule has 8 unspecified atom stereocenters. The van der Waals surface area contributed by atoms with Crippen LogP contribution in [0.4, 0.5) is 8.78 Å². The van der Waals surface area contributed by atoms with Gasteiger partial charge in [-0.05, 0) is 49.9 Å². The Hall–Kier alpha value is -2.56. The average Bonchev–Trinajstić information content (AvgIpc) is 3.71. The third kappa shape index (κ3) is 5.37. The number of morpholine rings is 1. The van der Waals surface area contributed by atoms with Crippen LogP contribution in [0.25, 0.3) is 0 Å². The lowest BCUT2D eigenvalue weighted by atomic mass is 9.69. The third-order valence-electron chi connectivity index (χ3n) is 9.97. The molecule has 0 aromatic rings. The summed E-state index contributed by atoms with van der Waals surface area (Å²) in [7, 11) is 0. The molecule has 0 aromatic heterocycles. The molecule has 11 heteroatoms. The van der Waals surface area contributed by atoms with Gasteiger partial charge in [0.25, 0.3) is 0 Å². The van der Waals surface area contributed by atoms with Crippen molar-refractivity contribution < 1.29 is 32.7 Å². The van der Waals surface area contributed by atoms with Gasteiger partial charge >= 0.3 is 0 Å². The second-order valence-electron chi connectivity index (χ2n) is 12.9. The predicted molar refractivity (Wildman–Crippen MR) is 140 cm³/mol. The van der Waals surface area contributed by atoms with Crippen LogP contribution in [0, 0.1) is 29.6 Å². The average molecular weight is 563 g/mol. The van der Waals surface area contributed by atoms with Gasteiger partial charge in [-0.3, -0.25) is 19.2 Å². The molecule has 5 fully saturated rings. The first kappa shape index (κ1) is 27.6. The van der Waals surface area contributed by atoms with Gasteiger partial charge in [0.1, 0.15) is 12.3 Å². The zero-order chi connectivity index (χ0) is 28.1. The summed E-state index contributed by atoms with van der Waals surface area (Å²) in [6.07, 6.45) is 1.87. The number of amides is 4. The molecule has 0 radical (unpaired) electrons. The molecule has 0 aromatic carbocycles. The number of carbonyl (C=O) groups excluding carboxylic acids is 4. The van der Waals surface area contributed by atoms with Crippen LogP contribution in [0.3, 0.4) is 0 Å². The Kier molecular flexibility index (Phi) is 7.61. The van der Waals surface area contributed by atoms with Crippen LogP contribution in [-0.4, -0.2) is 96.7 Å². The molecular weight excluding hydrogens is 522 g/mol. The van der Waals surface area contributed by atoms with Gasteiger partial charge in [-0.15, -0.1) is 0 Å². The van der Waals surface area contributed by atoms with E-state index in [9.17, 15) is 28.0 Å². The van der Waals surface area contributed by atoms with Crippen molar-refractivity contribution in [3.05, 3.63) is 11.6 Å². The number of halogens is 2. The van der Waals surface area contributed by atoms with Crippen LogP contribution in [0.2, 0.25) is 0 Å². The first-order valence-corrected chi connectivity index (χ1v) is 15.0. The van der Waals surface area contributed by atoms with Crippen LogP contribution >= 0.6 is 0 Å². The highest BCUT2D eigenvalue weighted by molar-refractivity contribution is 6.03. The Morgan fingerprint density at radius 3 is 2.55 bits per heavy atom. The monoisotopic (exact) mass is 562 g/mol. The lowest BCUT2D eigenvalue weighted by Crippen LogP contribution is -2.57. The summed E-state index contributed by atoms with van der Waals surface area (Å²) in [6, 6.07) is -1.65. The van der Waals surface area contributed by atoms with E-state index in [1.165, 1.54) is 0 Å². The van der Waals surface area contributed by atoms with E-state index < -0.39 is 42.2 Å². The van der Waals surface area contributed by atoms with Crippen LogP contribution in [0.1, 0.15) is 51.9 Å². The van der Waals surface area contributed by atoms with Crippen molar-refractivity contribution in [1.29, 1.82) is 0 Å². The minimum absolute atomic E-state index is 0.0327. The molecule has 6 aliphatic rings. The van der Waals surface area contributed by atoms with Gasteiger partial charge in [0.2, 0.25) is 23.6 Å². The Bertz CT molecular complexity index is 1080. The van der Waals surface area contributed by atoms with Gasteiger partial charge in [-0.25, -0.2) is 8.78 Å². The summed E-state index contributed by atoms with van der Waals surface area (Å²) >= 11 is 0. The van der Waals surface area contributed by atoms with Crippen LogP contribution in [0.15, 0.2) is 11.6 Å². The number of ether oxygens (including phenoxy) is 1. The quantitative estimate of drug-likeness (QED) is 0.529. The maximum atomic E-state index is 14.6. The van der Waals surface area contributed by atoms with E-state index >= 15 is 0 Å². The maximum absolute atomic E-state index is 14.6. The molecule has 9 atom stereocenters. The van der Waals surface area contributed by atoms with E-state index in [-0.39, 0.29) is 61.1 Å². The molecule has 6 rings (SSSR count). The predicted octanol–water partition coefficient (Wildman–Crippen LogP) is 1.51. The summed E-state index contributed by atoms with van der Waals surface area (Å²) in [5.41, 5.74) is 0.0763. The number of hydrogen-bond donors (Lipinski definition) is 2. The number of rotatable bonds is 5. The highest BCUT2D eigenvalue weighted by Gasteiger charge is 2.52. The van der Waals surface area contributed by atoms with Crippen molar-refractivity contribution in [2.45, 2.75) is 82.3 Å². The molecule has 220 valence electrons. The first-order valence-electron chi connectivity index (χ1n) is 15.0. The number of alkyl halides is 2. The van der Waals surface area contributed by atoms with Crippen molar-refractivity contribution >= 4 is 23.6 Å². The molecule has 0 spiro atoms. The Morgan fingerprint density at radius 2 is 1.82 bits per heavy atom. The number of hydrogen-bond acceptors (Lipinski definition) is 5. The van der Waals surface area contributed by atoms with Gasteiger partial charge in [-0.2, -0.15) is 0 Å². The van der Waals surface area contributed by atoms with Crippen molar-refractivity contribution in [3.63, 3.8) is 0 Å². The largest absolute Gasteiger partial charge is 0.378 e. The summed E-state index contributed by atoms with van der Waals surface area (Å²) in [6.45, 7) is 4.62. The zero-order valence-electron chi connectivity index (χ0n) is 23.0.